The Labute approximate surface area is 161 Å². The lowest BCUT2D eigenvalue weighted by Gasteiger charge is -2.37. The molecule has 0 radical (unpaired) electrons. The highest BCUT2D eigenvalue weighted by Gasteiger charge is 2.47. The molecule has 2 unspecified atom stereocenters. The van der Waals surface area contributed by atoms with Crippen molar-refractivity contribution < 1.29 is 13.2 Å². The van der Waals surface area contributed by atoms with Gasteiger partial charge in [-0.2, -0.15) is 4.31 Å². The van der Waals surface area contributed by atoms with Gasteiger partial charge in [0.25, 0.3) is 0 Å². The van der Waals surface area contributed by atoms with Crippen LogP contribution in [0.4, 0.5) is 0 Å². The Balaban J connectivity index is 1.55. The van der Waals surface area contributed by atoms with Crippen LogP contribution in [0.15, 0.2) is 39.8 Å². The third-order valence-corrected chi connectivity index (χ3v) is 7.80. The van der Waals surface area contributed by atoms with E-state index < -0.39 is 10.0 Å². The zero-order valence-corrected chi connectivity index (χ0v) is 16.9. The molecule has 26 heavy (non-hydrogen) atoms. The number of piperidine rings is 1. The summed E-state index contributed by atoms with van der Waals surface area (Å²) in [5.74, 6) is 0. The van der Waals surface area contributed by atoms with Gasteiger partial charge in [0.2, 0.25) is 10.0 Å². The lowest BCUT2D eigenvalue weighted by Crippen LogP contribution is -2.46. The third kappa shape index (κ3) is 3.21. The van der Waals surface area contributed by atoms with Crippen molar-refractivity contribution in [2.45, 2.75) is 55.3 Å². The van der Waals surface area contributed by atoms with Gasteiger partial charge < -0.3 is 4.74 Å². The van der Waals surface area contributed by atoms with Crippen molar-refractivity contribution in [3.05, 3.63) is 40.6 Å². The second kappa shape index (κ2) is 7.03. The lowest BCUT2D eigenvalue weighted by molar-refractivity contribution is 0.180. The van der Waals surface area contributed by atoms with Crippen LogP contribution >= 0.6 is 15.9 Å². The standard InChI is InChI=1S/C17H21BrN4O3S/c1-25-11-13-10-21(20-19-13)16-8-14-4-5-15(9-16)22(14)26(23,24)17-6-2-12(18)3-7-17/h2-3,6-7,10,14-16H,4-5,8-9,11H2,1H3. The number of ether oxygens (including phenoxy) is 1. The summed E-state index contributed by atoms with van der Waals surface area (Å²) >= 11 is 3.36. The van der Waals surface area contributed by atoms with E-state index in [0.29, 0.717) is 11.5 Å². The van der Waals surface area contributed by atoms with E-state index in [1.807, 2.05) is 10.9 Å². The third-order valence-electron chi connectivity index (χ3n) is 5.25. The van der Waals surface area contributed by atoms with Crippen molar-refractivity contribution in [1.29, 1.82) is 0 Å². The molecule has 1 aromatic heterocycles. The van der Waals surface area contributed by atoms with Gasteiger partial charge in [0.05, 0.1) is 23.7 Å². The van der Waals surface area contributed by atoms with Crippen LogP contribution < -0.4 is 0 Å². The molecule has 0 aliphatic carbocycles. The van der Waals surface area contributed by atoms with Crippen LogP contribution in [0, 0.1) is 0 Å². The van der Waals surface area contributed by atoms with Gasteiger partial charge in [-0.3, -0.25) is 0 Å². The zero-order chi connectivity index (χ0) is 18.3. The summed E-state index contributed by atoms with van der Waals surface area (Å²) in [5.41, 5.74) is 0.796. The molecule has 1 aromatic carbocycles. The minimum absolute atomic E-state index is 0.0162. The molecular weight excluding hydrogens is 420 g/mol. The van der Waals surface area contributed by atoms with E-state index in [-0.39, 0.29) is 18.1 Å². The predicted octanol–water partition coefficient (Wildman–Crippen LogP) is 2.74. The molecule has 7 nitrogen and oxygen atoms in total. The van der Waals surface area contributed by atoms with E-state index in [1.54, 1.807) is 35.7 Å². The van der Waals surface area contributed by atoms with E-state index in [0.717, 1.165) is 35.8 Å². The van der Waals surface area contributed by atoms with Crippen LogP contribution in [-0.4, -0.2) is 46.9 Å². The number of hydrogen-bond donors (Lipinski definition) is 0. The van der Waals surface area contributed by atoms with Gasteiger partial charge in [-0.1, -0.05) is 21.1 Å². The molecule has 2 saturated heterocycles. The van der Waals surface area contributed by atoms with Gasteiger partial charge in [0, 0.05) is 23.7 Å². The lowest BCUT2D eigenvalue weighted by atomic mass is 10.00. The molecular formula is C17H21BrN4O3S. The molecule has 2 aliphatic heterocycles. The molecule has 140 valence electrons. The quantitative estimate of drug-likeness (QED) is 0.713. The fourth-order valence-corrected chi connectivity index (χ4v) is 6.30. The topological polar surface area (TPSA) is 77.3 Å². The van der Waals surface area contributed by atoms with Crippen LogP contribution in [0.1, 0.15) is 37.4 Å². The van der Waals surface area contributed by atoms with Crippen molar-refractivity contribution in [2.75, 3.05) is 7.11 Å². The van der Waals surface area contributed by atoms with Crippen LogP contribution in [0.25, 0.3) is 0 Å². The SMILES string of the molecule is COCc1cn(C2CC3CCC(C2)N3S(=O)(=O)c2ccc(Br)cc2)nn1. The van der Waals surface area contributed by atoms with Crippen LogP contribution in [0.2, 0.25) is 0 Å². The Morgan fingerprint density at radius 2 is 1.81 bits per heavy atom. The second-order valence-electron chi connectivity index (χ2n) is 6.92. The normalized spacial score (nSPS) is 26.3. The summed E-state index contributed by atoms with van der Waals surface area (Å²) in [4.78, 5) is 0.360. The Kier molecular flexibility index (Phi) is 4.89. The number of rotatable bonds is 5. The van der Waals surface area contributed by atoms with Gasteiger partial charge in [-0.05, 0) is 49.9 Å². The first-order chi connectivity index (χ1) is 12.5. The van der Waals surface area contributed by atoms with E-state index in [1.165, 1.54) is 0 Å². The number of sulfonamides is 1. The molecule has 0 spiro atoms. The maximum Gasteiger partial charge on any atom is 0.243 e. The number of benzene rings is 1. The second-order valence-corrected chi connectivity index (χ2v) is 9.68. The summed E-state index contributed by atoms with van der Waals surface area (Å²) in [6.07, 6.45) is 5.24. The Bertz CT molecular complexity index is 870. The van der Waals surface area contributed by atoms with Gasteiger partial charge in [-0.15, -0.1) is 5.10 Å². The van der Waals surface area contributed by atoms with Crippen molar-refractivity contribution in [2.24, 2.45) is 0 Å². The van der Waals surface area contributed by atoms with Crippen molar-refractivity contribution >= 4 is 26.0 Å². The van der Waals surface area contributed by atoms with Gasteiger partial charge >= 0.3 is 0 Å². The molecule has 2 bridgehead atoms. The fourth-order valence-electron chi connectivity index (χ4n) is 4.15. The van der Waals surface area contributed by atoms with Crippen LogP contribution in [-0.2, 0) is 21.4 Å². The van der Waals surface area contributed by atoms with E-state index in [2.05, 4.69) is 26.2 Å². The Morgan fingerprint density at radius 1 is 1.15 bits per heavy atom. The first-order valence-corrected chi connectivity index (χ1v) is 10.9. The van der Waals surface area contributed by atoms with Crippen molar-refractivity contribution in [3.63, 3.8) is 0 Å². The van der Waals surface area contributed by atoms with Crippen molar-refractivity contribution in [3.8, 4) is 0 Å². The Morgan fingerprint density at radius 3 is 2.42 bits per heavy atom. The number of halogens is 1. The van der Waals surface area contributed by atoms with Crippen LogP contribution in [0.3, 0.4) is 0 Å². The smallest absolute Gasteiger partial charge is 0.243 e. The average Bonchev–Trinajstić information content (AvgIpc) is 3.19. The maximum atomic E-state index is 13.2. The number of nitrogens with zero attached hydrogens (tertiary/aromatic N) is 4. The largest absolute Gasteiger partial charge is 0.378 e. The van der Waals surface area contributed by atoms with Crippen LogP contribution in [0.5, 0.6) is 0 Å². The number of methoxy groups -OCH3 is 1. The summed E-state index contributed by atoms with van der Waals surface area (Å²) in [6.45, 7) is 0.434. The molecule has 2 fully saturated rings. The molecule has 2 aromatic rings. The molecule has 2 aliphatic rings. The van der Waals surface area contributed by atoms with E-state index >= 15 is 0 Å². The van der Waals surface area contributed by atoms with Gasteiger partial charge in [0.15, 0.2) is 0 Å². The molecule has 2 atom stereocenters. The highest BCUT2D eigenvalue weighted by molar-refractivity contribution is 9.10. The molecule has 9 heteroatoms. The molecule has 3 heterocycles. The molecule has 4 rings (SSSR count). The molecule has 0 N–H and O–H groups in total. The summed E-state index contributed by atoms with van der Waals surface area (Å²) in [6, 6.07) is 7.09. The Hall–Kier alpha value is -1.29. The predicted molar refractivity (Wildman–Crippen MR) is 99.0 cm³/mol. The fraction of sp³-hybridized carbons (Fsp3) is 0.529. The minimum Gasteiger partial charge on any atom is -0.378 e. The van der Waals surface area contributed by atoms with Gasteiger partial charge in [0.1, 0.15) is 5.69 Å². The monoisotopic (exact) mass is 440 g/mol. The summed E-state index contributed by atoms with van der Waals surface area (Å²) in [5, 5.41) is 8.35. The zero-order valence-electron chi connectivity index (χ0n) is 14.5. The first kappa shape index (κ1) is 18.1. The van der Waals surface area contributed by atoms with E-state index in [4.69, 9.17) is 4.74 Å². The summed E-state index contributed by atoms with van der Waals surface area (Å²) < 4.78 is 35.9. The first-order valence-electron chi connectivity index (χ1n) is 8.68. The highest BCUT2D eigenvalue weighted by atomic mass is 79.9. The summed E-state index contributed by atoms with van der Waals surface area (Å²) in [7, 11) is -1.85. The van der Waals surface area contributed by atoms with E-state index in [9.17, 15) is 8.42 Å². The maximum absolute atomic E-state index is 13.2. The highest BCUT2D eigenvalue weighted by Crippen LogP contribution is 2.43. The number of fused-ring (bicyclic) bond motifs is 2. The average molecular weight is 441 g/mol. The number of aromatic nitrogens is 3. The number of hydrogen-bond acceptors (Lipinski definition) is 5. The van der Waals surface area contributed by atoms with Crippen molar-refractivity contribution in [1.82, 2.24) is 19.3 Å². The minimum atomic E-state index is -3.48. The van der Waals surface area contributed by atoms with Gasteiger partial charge in [-0.25, -0.2) is 13.1 Å². The molecule has 0 amide bonds. The molecule has 0 saturated carbocycles.